The Balaban J connectivity index is 1.51. The van der Waals surface area contributed by atoms with Crippen LogP contribution in [-0.4, -0.2) is 22.3 Å². The zero-order valence-corrected chi connectivity index (χ0v) is 17.1. The highest BCUT2D eigenvalue weighted by atomic mass is 19.1. The van der Waals surface area contributed by atoms with Crippen LogP contribution < -0.4 is 0 Å². The summed E-state index contributed by atoms with van der Waals surface area (Å²) in [6.45, 7) is 0.167. The van der Waals surface area contributed by atoms with Crippen molar-refractivity contribution in [1.82, 2.24) is 9.88 Å². The molecule has 3 aromatic carbocycles. The summed E-state index contributed by atoms with van der Waals surface area (Å²) in [7, 11) is 0. The zero-order valence-electron chi connectivity index (χ0n) is 17.1. The first-order chi connectivity index (χ1) is 15.2. The van der Waals surface area contributed by atoms with Gasteiger partial charge in [-0.15, -0.1) is 0 Å². The standard InChI is InChI=1S/C27H23FN2O/c28-18-20-12-10-19(11-13-20)14-15-25(31)30-17-16-23-22-8-4-5-9-24(22)29-26(23)27(30)21-6-2-1-3-7-21/h1-15,27,29H,16-18H2/b15-14+. The first kappa shape index (κ1) is 19.3. The Morgan fingerprint density at radius 1 is 1.00 bits per heavy atom. The van der Waals surface area contributed by atoms with Gasteiger partial charge in [-0.3, -0.25) is 4.79 Å². The average Bonchev–Trinajstić information content (AvgIpc) is 3.21. The third-order valence-corrected chi connectivity index (χ3v) is 5.99. The molecule has 0 radical (unpaired) electrons. The van der Waals surface area contributed by atoms with Crippen molar-refractivity contribution >= 4 is 22.9 Å². The van der Waals surface area contributed by atoms with Crippen molar-refractivity contribution < 1.29 is 9.18 Å². The molecule has 4 heteroatoms. The minimum Gasteiger partial charge on any atom is -0.356 e. The van der Waals surface area contributed by atoms with Gasteiger partial charge in [0.15, 0.2) is 0 Å². The Kier molecular flexibility index (Phi) is 5.13. The molecule has 1 atom stereocenters. The van der Waals surface area contributed by atoms with Crippen LogP contribution in [-0.2, 0) is 17.9 Å². The molecule has 1 amide bonds. The molecule has 154 valence electrons. The average molecular weight is 410 g/mol. The predicted molar refractivity (Wildman–Crippen MR) is 122 cm³/mol. The number of rotatable bonds is 4. The molecule has 1 unspecified atom stereocenters. The van der Waals surface area contributed by atoms with E-state index in [1.54, 1.807) is 24.3 Å². The van der Waals surface area contributed by atoms with Gasteiger partial charge in [-0.2, -0.15) is 0 Å². The lowest BCUT2D eigenvalue weighted by atomic mass is 9.92. The van der Waals surface area contributed by atoms with E-state index in [0.717, 1.165) is 28.8 Å². The van der Waals surface area contributed by atoms with Crippen LogP contribution in [0.2, 0.25) is 0 Å². The summed E-state index contributed by atoms with van der Waals surface area (Å²) >= 11 is 0. The third kappa shape index (κ3) is 3.66. The van der Waals surface area contributed by atoms with E-state index in [9.17, 15) is 9.18 Å². The van der Waals surface area contributed by atoms with E-state index in [2.05, 4.69) is 35.3 Å². The van der Waals surface area contributed by atoms with Crippen molar-refractivity contribution in [1.29, 1.82) is 0 Å². The maximum absolute atomic E-state index is 13.3. The Labute approximate surface area is 180 Å². The predicted octanol–water partition coefficient (Wildman–Crippen LogP) is 5.82. The Hall–Kier alpha value is -3.66. The molecule has 1 aliphatic heterocycles. The fourth-order valence-corrected chi connectivity index (χ4v) is 4.44. The van der Waals surface area contributed by atoms with Crippen LogP contribution in [0.15, 0.2) is 84.9 Å². The van der Waals surface area contributed by atoms with Crippen molar-refractivity contribution in [3.63, 3.8) is 0 Å². The molecule has 1 aliphatic rings. The van der Waals surface area contributed by atoms with E-state index in [4.69, 9.17) is 0 Å². The fraction of sp³-hybridized carbons (Fsp3) is 0.148. The smallest absolute Gasteiger partial charge is 0.247 e. The van der Waals surface area contributed by atoms with Crippen LogP contribution >= 0.6 is 0 Å². The molecule has 5 rings (SSSR count). The number of carbonyl (C=O) groups is 1. The molecule has 0 fully saturated rings. The molecule has 4 aromatic rings. The van der Waals surface area contributed by atoms with Crippen molar-refractivity contribution in [2.24, 2.45) is 0 Å². The lowest BCUT2D eigenvalue weighted by molar-refractivity contribution is -0.128. The maximum atomic E-state index is 13.3. The van der Waals surface area contributed by atoms with Gasteiger partial charge in [-0.25, -0.2) is 4.39 Å². The van der Waals surface area contributed by atoms with Crippen LogP contribution in [0.1, 0.15) is 34.0 Å². The summed E-state index contributed by atoms with van der Waals surface area (Å²) in [5.41, 5.74) is 6.09. The number of nitrogens with zero attached hydrogens (tertiary/aromatic N) is 1. The number of para-hydroxylation sites is 1. The first-order valence-corrected chi connectivity index (χ1v) is 10.5. The number of fused-ring (bicyclic) bond motifs is 3. The van der Waals surface area contributed by atoms with E-state index in [1.807, 2.05) is 41.3 Å². The summed E-state index contributed by atoms with van der Waals surface area (Å²) in [6.07, 6.45) is 4.23. The molecule has 1 aromatic heterocycles. The molecule has 0 saturated carbocycles. The number of nitrogens with one attached hydrogen (secondary N) is 1. The maximum Gasteiger partial charge on any atom is 0.247 e. The van der Waals surface area contributed by atoms with E-state index in [1.165, 1.54) is 10.9 Å². The van der Waals surface area contributed by atoms with Gasteiger partial charge in [0.2, 0.25) is 5.91 Å². The van der Waals surface area contributed by atoms with Crippen LogP contribution in [0, 0.1) is 0 Å². The number of carbonyl (C=O) groups excluding carboxylic acids is 1. The van der Waals surface area contributed by atoms with Gasteiger partial charge in [-0.1, -0.05) is 72.8 Å². The monoisotopic (exact) mass is 410 g/mol. The van der Waals surface area contributed by atoms with E-state index in [-0.39, 0.29) is 11.9 Å². The number of alkyl halides is 1. The molecular formula is C27H23FN2O. The SMILES string of the molecule is O=C(/C=C/c1ccc(CF)cc1)N1CCc2c([nH]c3ccccc23)C1c1ccccc1. The lowest BCUT2D eigenvalue weighted by Crippen LogP contribution is -2.39. The normalized spacial score (nSPS) is 16.0. The number of H-pyrrole nitrogens is 1. The van der Waals surface area contributed by atoms with Gasteiger partial charge in [0.25, 0.3) is 0 Å². The number of amides is 1. The second-order valence-electron chi connectivity index (χ2n) is 7.87. The quantitative estimate of drug-likeness (QED) is 0.423. The van der Waals surface area contributed by atoms with E-state index < -0.39 is 6.67 Å². The molecule has 0 spiro atoms. The second-order valence-corrected chi connectivity index (χ2v) is 7.87. The Morgan fingerprint density at radius 3 is 2.52 bits per heavy atom. The number of hydrogen-bond acceptors (Lipinski definition) is 1. The summed E-state index contributed by atoms with van der Waals surface area (Å²) in [5.74, 6) is -0.0345. The Bertz CT molecular complexity index is 1240. The second kappa shape index (κ2) is 8.23. The van der Waals surface area contributed by atoms with Crippen LogP contribution in [0.4, 0.5) is 4.39 Å². The van der Waals surface area contributed by atoms with Gasteiger partial charge in [0.05, 0.1) is 6.04 Å². The van der Waals surface area contributed by atoms with Gasteiger partial charge >= 0.3 is 0 Å². The van der Waals surface area contributed by atoms with Gasteiger partial charge in [-0.05, 0) is 40.8 Å². The van der Waals surface area contributed by atoms with Gasteiger partial charge in [0.1, 0.15) is 6.67 Å². The molecule has 0 saturated heterocycles. The zero-order chi connectivity index (χ0) is 21.2. The van der Waals surface area contributed by atoms with E-state index in [0.29, 0.717) is 12.1 Å². The molecule has 2 heterocycles. The highest BCUT2D eigenvalue weighted by Crippen LogP contribution is 2.38. The highest BCUT2D eigenvalue weighted by Gasteiger charge is 2.33. The van der Waals surface area contributed by atoms with Crippen LogP contribution in [0.25, 0.3) is 17.0 Å². The summed E-state index contributed by atoms with van der Waals surface area (Å²) in [4.78, 5) is 18.8. The van der Waals surface area contributed by atoms with E-state index >= 15 is 0 Å². The van der Waals surface area contributed by atoms with Crippen LogP contribution in [0.3, 0.4) is 0 Å². The number of halogens is 1. The third-order valence-electron chi connectivity index (χ3n) is 5.99. The molecular weight excluding hydrogens is 387 g/mol. The van der Waals surface area contributed by atoms with Crippen molar-refractivity contribution in [2.75, 3.05) is 6.54 Å². The topological polar surface area (TPSA) is 36.1 Å². The first-order valence-electron chi connectivity index (χ1n) is 10.5. The van der Waals surface area contributed by atoms with Crippen molar-refractivity contribution in [2.45, 2.75) is 19.1 Å². The number of aromatic amines is 1. The van der Waals surface area contributed by atoms with Crippen LogP contribution in [0.5, 0.6) is 0 Å². The molecule has 1 N–H and O–H groups in total. The van der Waals surface area contributed by atoms with Gasteiger partial charge in [0, 0.05) is 29.2 Å². The Morgan fingerprint density at radius 2 is 1.74 bits per heavy atom. The minimum atomic E-state index is -0.484. The summed E-state index contributed by atoms with van der Waals surface area (Å²) < 4.78 is 12.7. The molecule has 31 heavy (non-hydrogen) atoms. The highest BCUT2D eigenvalue weighted by molar-refractivity contribution is 5.93. The molecule has 0 aliphatic carbocycles. The minimum absolute atomic E-state index is 0.0345. The largest absolute Gasteiger partial charge is 0.356 e. The van der Waals surface area contributed by atoms with Crippen molar-refractivity contribution in [3.05, 3.63) is 113 Å². The fourth-order valence-electron chi connectivity index (χ4n) is 4.44. The molecule has 0 bridgehead atoms. The molecule has 3 nitrogen and oxygen atoms in total. The number of benzene rings is 3. The van der Waals surface area contributed by atoms with Gasteiger partial charge < -0.3 is 9.88 Å². The number of hydrogen-bond donors (Lipinski definition) is 1. The number of aromatic nitrogens is 1. The summed E-state index contributed by atoms with van der Waals surface area (Å²) in [6, 6.07) is 25.5. The lowest BCUT2D eigenvalue weighted by Gasteiger charge is -2.35. The summed E-state index contributed by atoms with van der Waals surface area (Å²) in [5, 5.41) is 1.23. The van der Waals surface area contributed by atoms with Crippen molar-refractivity contribution in [3.8, 4) is 0 Å².